The molecule has 1 aliphatic rings. The summed E-state index contributed by atoms with van der Waals surface area (Å²) < 4.78 is 12.8. The van der Waals surface area contributed by atoms with Crippen molar-refractivity contribution in [2.75, 3.05) is 6.54 Å². The van der Waals surface area contributed by atoms with Gasteiger partial charge in [-0.15, -0.1) is 0 Å². The fourth-order valence-corrected chi connectivity index (χ4v) is 2.35. The van der Waals surface area contributed by atoms with Gasteiger partial charge in [0.25, 0.3) is 0 Å². The zero-order chi connectivity index (χ0) is 12.4. The summed E-state index contributed by atoms with van der Waals surface area (Å²) in [6, 6.07) is 6.02. The van der Waals surface area contributed by atoms with Crippen LogP contribution in [0.5, 0.6) is 0 Å². The first kappa shape index (κ1) is 11.8. The van der Waals surface area contributed by atoms with Crippen molar-refractivity contribution in [3.05, 3.63) is 35.6 Å². The lowest BCUT2D eigenvalue weighted by Gasteiger charge is -2.29. The van der Waals surface area contributed by atoms with Gasteiger partial charge in [-0.1, -0.05) is 12.1 Å². The highest BCUT2D eigenvalue weighted by Crippen LogP contribution is 2.31. The highest BCUT2D eigenvalue weighted by atomic mass is 19.1. The molecule has 1 fully saturated rings. The summed E-state index contributed by atoms with van der Waals surface area (Å²) in [5.41, 5.74) is 0.849. The molecule has 0 spiro atoms. The van der Waals surface area contributed by atoms with Crippen molar-refractivity contribution < 1.29 is 14.0 Å². The van der Waals surface area contributed by atoms with Crippen LogP contribution in [0.25, 0.3) is 0 Å². The third-order valence-electron chi connectivity index (χ3n) is 3.18. The predicted octanol–water partition coefficient (Wildman–Crippen LogP) is 1.63. The molecular weight excluding hydrogens is 221 g/mol. The molecule has 4 heteroatoms. The minimum absolute atomic E-state index is 0.137. The molecule has 0 saturated carbocycles. The number of rotatable bonds is 2. The van der Waals surface area contributed by atoms with Crippen LogP contribution in [0.1, 0.15) is 24.8 Å². The van der Waals surface area contributed by atoms with Crippen molar-refractivity contribution in [1.82, 2.24) is 5.32 Å². The van der Waals surface area contributed by atoms with E-state index < -0.39 is 5.92 Å². The number of benzene rings is 1. The Hall–Kier alpha value is -1.71. The summed E-state index contributed by atoms with van der Waals surface area (Å²) in [5.74, 6) is -1.46. The van der Waals surface area contributed by atoms with E-state index in [2.05, 4.69) is 5.32 Å². The van der Waals surface area contributed by atoms with Crippen LogP contribution < -0.4 is 5.32 Å². The van der Waals surface area contributed by atoms with Crippen molar-refractivity contribution in [3.63, 3.8) is 0 Å². The largest absolute Gasteiger partial charge is 0.355 e. The Morgan fingerprint density at radius 3 is 2.59 bits per heavy atom. The minimum atomic E-state index is -0.644. The third kappa shape index (κ3) is 2.35. The standard InChI is InChI=1S/C13H14FNO2/c1-8(16)12-11(6-7-15-13(12)17)9-2-4-10(14)5-3-9/h2-5,11-12H,6-7H2,1H3,(H,15,17). The van der Waals surface area contributed by atoms with E-state index in [1.165, 1.54) is 19.1 Å². The third-order valence-corrected chi connectivity index (χ3v) is 3.18. The van der Waals surface area contributed by atoms with Crippen LogP contribution in [0, 0.1) is 11.7 Å². The molecule has 2 rings (SSSR count). The SMILES string of the molecule is CC(=O)C1C(=O)NCCC1c1ccc(F)cc1. The molecule has 1 heterocycles. The average molecular weight is 235 g/mol. The topological polar surface area (TPSA) is 46.2 Å². The zero-order valence-corrected chi connectivity index (χ0v) is 9.57. The number of halogens is 1. The van der Waals surface area contributed by atoms with Gasteiger partial charge in [0.15, 0.2) is 0 Å². The average Bonchev–Trinajstić information content (AvgIpc) is 2.29. The number of carbonyl (C=O) groups is 2. The maximum Gasteiger partial charge on any atom is 0.231 e. The van der Waals surface area contributed by atoms with Gasteiger partial charge in [0, 0.05) is 12.5 Å². The van der Waals surface area contributed by atoms with E-state index in [-0.39, 0.29) is 23.4 Å². The number of ketones is 1. The van der Waals surface area contributed by atoms with Gasteiger partial charge in [0.05, 0.1) is 0 Å². The second-order valence-electron chi connectivity index (χ2n) is 4.33. The molecule has 0 radical (unpaired) electrons. The van der Waals surface area contributed by atoms with Crippen LogP contribution in [-0.2, 0) is 9.59 Å². The quantitative estimate of drug-likeness (QED) is 0.792. The summed E-state index contributed by atoms with van der Waals surface area (Å²) in [5, 5.41) is 2.69. The summed E-state index contributed by atoms with van der Waals surface area (Å²) in [7, 11) is 0. The Morgan fingerprint density at radius 1 is 1.35 bits per heavy atom. The monoisotopic (exact) mass is 235 g/mol. The molecule has 1 saturated heterocycles. The van der Waals surface area contributed by atoms with Gasteiger partial charge in [-0.3, -0.25) is 9.59 Å². The Morgan fingerprint density at radius 2 is 2.00 bits per heavy atom. The molecule has 2 unspecified atom stereocenters. The van der Waals surface area contributed by atoms with E-state index in [1.807, 2.05) is 0 Å². The number of amides is 1. The van der Waals surface area contributed by atoms with Gasteiger partial charge in [0.2, 0.25) is 5.91 Å². The second-order valence-corrected chi connectivity index (χ2v) is 4.33. The minimum Gasteiger partial charge on any atom is -0.355 e. The molecule has 17 heavy (non-hydrogen) atoms. The molecule has 0 aliphatic carbocycles. The molecule has 0 aromatic heterocycles. The lowest BCUT2D eigenvalue weighted by atomic mass is 9.79. The van der Waals surface area contributed by atoms with Crippen LogP contribution >= 0.6 is 0 Å². The molecule has 90 valence electrons. The molecule has 0 bridgehead atoms. The molecule has 1 aromatic carbocycles. The van der Waals surface area contributed by atoms with Gasteiger partial charge < -0.3 is 5.32 Å². The first-order valence-corrected chi connectivity index (χ1v) is 5.63. The van der Waals surface area contributed by atoms with E-state index >= 15 is 0 Å². The van der Waals surface area contributed by atoms with Gasteiger partial charge >= 0.3 is 0 Å². The predicted molar refractivity (Wildman–Crippen MR) is 60.9 cm³/mol. The van der Waals surface area contributed by atoms with Gasteiger partial charge in [-0.2, -0.15) is 0 Å². The van der Waals surface area contributed by atoms with Crippen LogP contribution in [-0.4, -0.2) is 18.2 Å². The van der Waals surface area contributed by atoms with E-state index in [0.717, 1.165) is 5.56 Å². The maximum absolute atomic E-state index is 12.8. The van der Waals surface area contributed by atoms with Crippen molar-refractivity contribution in [3.8, 4) is 0 Å². The fraction of sp³-hybridized carbons (Fsp3) is 0.385. The zero-order valence-electron chi connectivity index (χ0n) is 9.57. The van der Waals surface area contributed by atoms with Crippen LogP contribution in [0.15, 0.2) is 24.3 Å². The van der Waals surface area contributed by atoms with Crippen molar-refractivity contribution in [2.45, 2.75) is 19.3 Å². The molecular formula is C13H14FNO2. The highest BCUT2D eigenvalue weighted by molar-refractivity contribution is 6.01. The van der Waals surface area contributed by atoms with Crippen LogP contribution in [0.3, 0.4) is 0 Å². The van der Waals surface area contributed by atoms with Crippen molar-refractivity contribution >= 4 is 11.7 Å². The molecule has 1 aliphatic heterocycles. The number of carbonyl (C=O) groups excluding carboxylic acids is 2. The first-order valence-electron chi connectivity index (χ1n) is 5.63. The number of Topliss-reactive ketones (excluding diaryl/α,β-unsaturated/α-hetero) is 1. The summed E-state index contributed by atoms with van der Waals surface area (Å²) >= 11 is 0. The van der Waals surface area contributed by atoms with Gasteiger partial charge in [0.1, 0.15) is 17.5 Å². The van der Waals surface area contributed by atoms with E-state index in [4.69, 9.17) is 0 Å². The number of piperidine rings is 1. The Kier molecular flexibility index (Phi) is 3.22. The van der Waals surface area contributed by atoms with E-state index in [0.29, 0.717) is 13.0 Å². The lowest BCUT2D eigenvalue weighted by molar-refractivity contribution is -0.135. The van der Waals surface area contributed by atoms with Crippen molar-refractivity contribution in [2.24, 2.45) is 5.92 Å². The second kappa shape index (κ2) is 4.65. The number of hydrogen-bond donors (Lipinski definition) is 1. The molecule has 1 aromatic rings. The van der Waals surface area contributed by atoms with Crippen LogP contribution in [0.2, 0.25) is 0 Å². The summed E-state index contributed by atoms with van der Waals surface area (Å²) in [4.78, 5) is 23.2. The lowest BCUT2D eigenvalue weighted by Crippen LogP contribution is -2.44. The smallest absolute Gasteiger partial charge is 0.231 e. The number of nitrogens with one attached hydrogen (secondary N) is 1. The first-order chi connectivity index (χ1) is 8.09. The number of hydrogen-bond acceptors (Lipinski definition) is 2. The fourth-order valence-electron chi connectivity index (χ4n) is 2.35. The van der Waals surface area contributed by atoms with Crippen LogP contribution in [0.4, 0.5) is 4.39 Å². The highest BCUT2D eigenvalue weighted by Gasteiger charge is 2.36. The maximum atomic E-state index is 12.8. The summed E-state index contributed by atoms with van der Waals surface area (Å²) in [6.45, 7) is 1.98. The summed E-state index contributed by atoms with van der Waals surface area (Å²) in [6.07, 6.45) is 0.710. The Labute approximate surface area is 99.0 Å². The molecule has 2 atom stereocenters. The van der Waals surface area contributed by atoms with Gasteiger partial charge in [-0.25, -0.2) is 4.39 Å². The molecule has 3 nitrogen and oxygen atoms in total. The molecule has 1 N–H and O–H groups in total. The Balaban J connectivity index is 2.31. The normalized spacial score (nSPS) is 24.2. The Bertz CT molecular complexity index is 441. The van der Waals surface area contributed by atoms with E-state index in [1.54, 1.807) is 12.1 Å². The molecule has 1 amide bonds. The van der Waals surface area contributed by atoms with Crippen molar-refractivity contribution in [1.29, 1.82) is 0 Å². The van der Waals surface area contributed by atoms with Gasteiger partial charge in [-0.05, 0) is 31.0 Å². The van der Waals surface area contributed by atoms with E-state index in [9.17, 15) is 14.0 Å².